The SMILES string of the molecule is C=CC(=O)N1C[C@H](C)N(c2nc(=O)n3c4c(c(-c5ccc(F)cc5)c(Cl)cc24)SC[C@@H]3COC)C[C@H]1C.S. The largest absolute Gasteiger partial charge is 0.383 e. The number of nitrogens with zero attached hydrogens (tertiary/aromatic N) is 4. The molecular formula is C27H30ClFN4O3S2. The Balaban J connectivity index is 0.00000336. The highest BCUT2D eigenvalue weighted by atomic mass is 35.5. The number of hydrogen-bond donors (Lipinski definition) is 0. The summed E-state index contributed by atoms with van der Waals surface area (Å²) in [5, 5.41) is 1.27. The fourth-order valence-corrected chi connectivity index (χ4v) is 7.02. The van der Waals surface area contributed by atoms with Crippen molar-refractivity contribution in [1.82, 2.24) is 14.5 Å². The van der Waals surface area contributed by atoms with Gasteiger partial charge in [0.15, 0.2) is 0 Å². The standard InChI is InChI=1S/C27H28ClFN4O3S.H2S/c1-5-22(34)31-11-16(3)32(12-15(31)2)26-20-10-21(28)23(17-6-8-18(29)9-7-17)25-24(20)33(27(35)30-26)19(13-36-4)14-37-25;/h5-10,15-16,19H,1,11-14H2,2-4H3;1H2/t15-,16+,19+;/m1./s1. The van der Waals surface area contributed by atoms with Crippen LogP contribution in [0.2, 0.25) is 5.02 Å². The Bertz CT molecular complexity index is 1450. The number of halogens is 2. The predicted molar refractivity (Wildman–Crippen MR) is 157 cm³/mol. The van der Waals surface area contributed by atoms with Gasteiger partial charge in [0.1, 0.15) is 11.6 Å². The molecule has 7 nitrogen and oxygen atoms in total. The highest BCUT2D eigenvalue weighted by Gasteiger charge is 2.35. The summed E-state index contributed by atoms with van der Waals surface area (Å²) in [4.78, 5) is 35.3. The second-order valence-corrected chi connectivity index (χ2v) is 11.0. The van der Waals surface area contributed by atoms with Crippen LogP contribution in [0.4, 0.5) is 10.2 Å². The van der Waals surface area contributed by atoms with E-state index in [9.17, 15) is 14.0 Å². The first kappa shape index (κ1) is 28.5. The molecule has 0 N–H and O–H groups in total. The lowest BCUT2D eigenvalue weighted by Crippen LogP contribution is -2.58. The Kier molecular flexibility index (Phi) is 8.46. The van der Waals surface area contributed by atoms with Crippen molar-refractivity contribution >= 4 is 59.5 Å². The van der Waals surface area contributed by atoms with Gasteiger partial charge in [-0.3, -0.25) is 9.36 Å². The number of amides is 1. The van der Waals surface area contributed by atoms with E-state index in [1.165, 1.54) is 18.2 Å². The third-order valence-corrected chi connectivity index (χ3v) is 8.63. The second-order valence-electron chi connectivity index (χ2n) is 9.52. The van der Waals surface area contributed by atoms with Crippen LogP contribution >= 0.6 is 36.9 Å². The average Bonchev–Trinajstić information content (AvgIpc) is 2.88. The van der Waals surface area contributed by atoms with E-state index in [2.05, 4.69) is 16.5 Å². The summed E-state index contributed by atoms with van der Waals surface area (Å²) in [5.74, 6) is 0.715. The summed E-state index contributed by atoms with van der Waals surface area (Å²) in [6, 6.07) is 7.68. The van der Waals surface area contributed by atoms with E-state index in [0.29, 0.717) is 36.3 Å². The van der Waals surface area contributed by atoms with Gasteiger partial charge >= 0.3 is 5.69 Å². The third kappa shape index (κ3) is 4.83. The van der Waals surface area contributed by atoms with Crippen LogP contribution in [0.1, 0.15) is 19.9 Å². The van der Waals surface area contributed by atoms with Crippen molar-refractivity contribution in [2.45, 2.75) is 36.9 Å². The Morgan fingerprint density at radius 2 is 1.97 bits per heavy atom. The molecule has 1 amide bonds. The van der Waals surface area contributed by atoms with Crippen molar-refractivity contribution in [1.29, 1.82) is 0 Å². The van der Waals surface area contributed by atoms with Gasteiger partial charge in [-0.2, -0.15) is 18.5 Å². The number of aromatic nitrogens is 2. The summed E-state index contributed by atoms with van der Waals surface area (Å²) in [6.07, 6.45) is 1.33. The number of carbonyl (C=O) groups excluding carboxylic acids is 1. The smallest absolute Gasteiger partial charge is 0.350 e. The molecule has 1 saturated heterocycles. The number of thioether (sulfide) groups is 1. The lowest BCUT2D eigenvalue weighted by molar-refractivity contribution is -0.128. The number of rotatable bonds is 5. The molecule has 0 aliphatic carbocycles. The molecule has 0 radical (unpaired) electrons. The first-order chi connectivity index (χ1) is 17.7. The van der Waals surface area contributed by atoms with Crippen LogP contribution in [0.25, 0.3) is 22.0 Å². The van der Waals surface area contributed by atoms with Gasteiger partial charge in [0.05, 0.1) is 23.2 Å². The minimum absolute atomic E-state index is 0. The molecular weight excluding hydrogens is 547 g/mol. The molecule has 5 rings (SSSR count). The van der Waals surface area contributed by atoms with E-state index in [1.807, 2.05) is 19.9 Å². The summed E-state index contributed by atoms with van der Waals surface area (Å²) in [5.41, 5.74) is 1.93. The normalized spacial score (nSPS) is 20.8. The molecule has 1 aromatic heterocycles. The zero-order valence-electron chi connectivity index (χ0n) is 21.4. The van der Waals surface area contributed by atoms with Gasteiger partial charge in [-0.05, 0) is 43.7 Å². The van der Waals surface area contributed by atoms with Gasteiger partial charge in [0, 0.05) is 53.9 Å². The number of carbonyl (C=O) groups is 1. The topological polar surface area (TPSA) is 67.7 Å². The average molecular weight is 577 g/mol. The molecule has 2 aromatic carbocycles. The summed E-state index contributed by atoms with van der Waals surface area (Å²) in [7, 11) is 1.61. The zero-order chi connectivity index (χ0) is 26.4. The minimum Gasteiger partial charge on any atom is -0.383 e. The number of anilines is 1. The molecule has 0 spiro atoms. The molecule has 1 fully saturated rings. The molecule has 2 aliphatic rings. The monoisotopic (exact) mass is 576 g/mol. The van der Waals surface area contributed by atoms with Gasteiger partial charge < -0.3 is 14.5 Å². The summed E-state index contributed by atoms with van der Waals surface area (Å²) < 4.78 is 20.8. The van der Waals surface area contributed by atoms with Crippen LogP contribution in [-0.4, -0.2) is 65.0 Å². The van der Waals surface area contributed by atoms with E-state index >= 15 is 0 Å². The van der Waals surface area contributed by atoms with Crippen molar-refractivity contribution in [3.8, 4) is 11.1 Å². The van der Waals surface area contributed by atoms with E-state index in [0.717, 1.165) is 26.9 Å². The molecule has 2 aliphatic heterocycles. The molecule has 38 heavy (non-hydrogen) atoms. The third-order valence-electron chi connectivity index (χ3n) is 7.09. The second kappa shape index (κ2) is 11.3. The Hall–Kier alpha value is -2.53. The first-order valence-corrected chi connectivity index (χ1v) is 13.5. The number of methoxy groups -OCH3 is 1. The van der Waals surface area contributed by atoms with E-state index in [-0.39, 0.29) is 49.0 Å². The number of ether oxygens (including phenoxy) is 1. The quantitative estimate of drug-likeness (QED) is 0.404. The van der Waals surface area contributed by atoms with Crippen molar-refractivity contribution in [3.63, 3.8) is 0 Å². The molecule has 11 heteroatoms. The predicted octanol–water partition coefficient (Wildman–Crippen LogP) is 4.87. The number of hydrogen-bond acceptors (Lipinski definition) is 6. The lowest BCUT2D eigenvalue weighted by Gasteiger charge is -2.45. The molecule has 3 aromatic rings. The van der Waals surface area contributed by atoms with Gasteiger partial charge in [-0.1, -0.05) is 30.3 Å². The van der Waals surface area contributed by atoms with Crippen LogP contribution in [-0.2, 0) is 9.53 Å². The molecule has 0 bridgehead atoms. The minimum atomic E-state index is -0.358. The fourth-order valence-electron chi connectivity index (χ4n) is 5.33. The molecule has 0 saturated carbocycles. The number of piperazine rings is 1. The first-order valence-electron chi connectivity index (χ1n) is 12.1. The maximum atomic E-state index is 13.7. The van der Waals surface area contributed by atoms with Gasteiger partial charge in [-0.15, -0.1) is 11.8 Å². The summed E-state index contributed by atoms with van der Waals surface area (Å²) >= 11 is 8.52. The van der Waals surface area contributed by atoms with Crippen molar-refractivity contribution in [2.75, 3.05) is 37.5 Å². The highest BCUT2D eigenvalue weighted by Crippen LogP contribution is 2.47. The Morgan fingerprint density at radius 3 is 2.63 bits per heavy atom. The van der Waals surface area contributed by atoms with Crippen LogP contribution in [0.5, 0.6) is 0 Å². The fraction of sp³-hybridized carbons (Fsp3) is 0.370. The van der Waals surface area contributed by atoms with Crippen LogP contribution in [0.15, 0.2) is 52.7 Å². The highest BCUT2D eigenvalue weighted by molar-refractivity contribution is 7.99. The molecule has 0 unspecified atom stereocenters. The van der Waals surface area contributed by atoms with Gasteiger partial charge in [0.2, 0.25) is 5.91 Å². The number of benzene rings is 2. The Morgan fingerprint density at radius 1 is 1.26 bits per heavy atom. The molecule has 3 atom stereocenters. The van der Waals surface area contributed by atoms with Crippen molar-refractivity contribution in [3.05, 3.63) is 64.3 Å². The Labute approximate surface area is 237 Å². The molecule has 3 heterocycles. The zero-order valence-corrected chi connectivity index (χ0v) is 24.0. The van der Waals surface area contributed by atoms with E-state index in [4.69, 9.17) is 16.3 Å². The maximum absolute atomic E-state index is 13.7. The molecule has 202 valence electrons. The van der Waals surface area contributed by atoms with E-state index in [1.54, 1.807) is 40.5 Å². The van der Waals surface area contributed by atoms with E-state index < -0.39 is 0 Å². The van der Waals surface area contributed by atoms with Crippen molar-refractivity contribution in [2.24, 2.45) is 0 Å². The van der Waals surface area contributed by atoms with Crippen LogP contribution in [0, 0.1) is 5.82 Å². The van der Waals surface area contributed by atoms with Crippen LogP contribution < -0.4 is 10.6 Å². The summed E-state index contributed by atoms with van der Waals surface area (Å²) in [6.45, 7) is 8.96. The lowest BCUT2D eigenvalue weighted by atomic mass is 10.0. The van der Waals surface area contributed by atoms with Crippen molar-refractivity contribution < 1.29 is 13.9 Å². The van der Waals surface area contributed by atoms with Gasteiger partial charge in [-0.25, -0.2) is 9.18 Å². The van der Waals surface area contributed by atoms with Gasteiger partial charge in [0.25, 0.3) is 0 Å². The van der Waals surface area contributed by atoms with Crippen LogP contribution in [0.3, 0.4) is 0 Å². The maximum Gasteiger partial charge on any atom is 0.350 e.